The lowest BCUT2D eigenvalue weighted by molar-refractivity contribution is -0.217. The molecule has 4 heteroatoms. The summed E-state index contributed by atoms with van der Waals surface area (Å²) in [6, 6.07) is 0. The number of ether oxygens (including phenoxy) is 1. The zero-order valence-corrected chi connectivity index (χ0v) is 15.5. The van der Waals surface area contributed by atoms with Crippen LogP contribution in [0.5, 0.6) is 0 Å². The summed E-state index contributed by atoms with van der Waals surface area (Å²) in [5, 5.41) is 30.6. The molecule has 4 saturated carbocycles. The van der Waals surface area contributed by atoms with Crippen LogP contribution in [0, 0.1) is 40.4 Å². The highest BCUT2D eigenvalue weighted by Gasteiger charge is 2.68. The molecular formula is C21H34O4. The van der Waals surface area contributed by atoms with Gasteiger partial charge in [0.25, 0.3) is 0 Å². The van der Waals surface area contributed by atoms with Crippen molar-refractivity contribution in [3.63, 3.8) is 0 Å². The molecule has 4 aliphatic carbocycles. The maximum Gasteiger partial charge on any atom is 0.192 e. The highest BCUT2D eigenvalue weighted by Crippen LogP contribution is 2.70. The Morgan fingerprint density at radius 1 is 1.00 bits per heavy atom. The van der Waals surface area contributed by atoms with Crippen molar-refractivity contribution in [2.24, 2.45) is 40.4 Å². The van der Waals surface area contributed by atoms with Crippen molar-refractivity contribution in [1.82, 2.24) is 0 Å². The van der Waals surface area contributed by atoms with Gasteiger partial charge in [0.2, 0.25) is 0 Å². The summed E-state index contributed by atoms with van der Waals surface area (Å²) < 4.78 is 5.81. The SMILES string of the molecule is C[C@]12CC[C@@H](O)C[C@H]1CC[C@@H]1[C@@H]2CC[C@]23COC(O)(CO)[C@H]2CC[C@@H]13. The van der Waals surface area contributed by atoms with Gasteiger partial charge < -0.3 is 20.1 Å². The Morgan fingerprint density at radius 2 is 1.84 bits per heavy atom. The first-order valence-electron chi connectivity index (χ1n) is 10.6. The normalized spacial score (nSPS) is 60.5. The largest absolute Gasteiger partial charge is 0.393 e. The first-order chi connectivity index (χ1) is 11.9. The summed E-state index contributed by atoms with van der Waals surface area (Å²) in [7, 11) is 0. The molecule has 1 spiro atoms. The van der Waals surface area contributed by atoms with E-state index in [-0.39, 0.29) is 24.0 Å². The third-order valence-corrected chi connectivity index (χ3v) is 9.72. The van der Waals surface area contributed by atoms with Crippen LogP contribution in [0.2, 0.25) is 0 Å². The Kier molecular flexibility index (Phi) is 3.69. The van der Waals surface area contributed by atoms with Gasteiger partial charge in [-0.2, -0.15) is 0 Å². The number of fused-ring (bicyclic) bond motifs is 4. The molecule has 0 bridgehead atoms. The Morgan fingerprint density at radius 3 is 2.64 bits per heavy atom. The van der Waals surface area contributed by atoms with Gasteiger partial charge in [0.05, 0.1) is 19.3 Å². The first kappa shape index (κ1) is 17.0. The minimum atomic E-state index is -1.29. The third kappa shape index (κ3) is 2.09. The topological polar surface area (TPSA) is 69.9 Å². The fourth-order valence-electron chi connectivity index (χ4n) is 8.52. The van der Waals surface area contributed by atoms with Crippen LogP contribution in [0.1, 0.15) is 64.7 Å². The lowest BCUT2D eigenvalue weighted by Gasteiger charge is -2.60. The van der Waals surface area contributed by atoms with Gasteiger partial charge >= 0.3 is 0 Å². The molecule has 0 aromatic rings. The van der Waals surface area contributed by atoms with Crippen LogP contribution in [0.3, 0.4) is 0 Å². The summed E-state index contributed by atoms with van der Waals surface area (Å²) in [6.07, 6.45) is 10.2. The van der Waals surface area contributed by atoms with E-state index >= 15 is 0 Å². The molecule has 0 radical (unpaired) electrons. The quantitative estimate of drug-likeness (QED) is 0.680. The Labute approximate surface area is 151 Å². The standard InChI is InChI=1S/C21H34O4/c1-19-8-6-14(23)10-13(19)2-3-15-16(19)7-9-20-12-25-21(24,11-22)18(20)5-4-17(15)20/h13-18,22-24H,2-12H2,1H3/t13-,14-,15-,16+,17+,18+,19+,20-,21?/m1/s1. The molecule has 1 aliphatic heterocycles. The summed E-state index contributed by atoms with van der Waals surface area (Å²) in [4.78, 5) is 0. The minimum absolute atomic E-state index is 0.0804. The van der Waals surface area contributed by atoms with Gasteiger partial charge in [0.1, 0.15) is 0 Å². The lowest BCUT2D eigenvalue weighted by Crippen LogP contribution is -2.55. The molecule has 0 aromatic carbocycles. The van der Waals surface area contributed by atoms with Crippen molar-refractivity contribution in [3.05, 3.63) is 0 Å². The van der Waals surface area contributed by atoms with E-state index in [4.69, 9.17) is 4.74 Å². The maximum absolute atomic E-state index is 10.8. The zero-order chi connectivity index (χ0) is 17.4. The molecule has 0 amide bonds. The molecule has 1 unspecified atom stereocenters. The highest BCUT2D eigenvalue weighted by molar-refractivity contribution is 5.14. The van der Waals surface area contributed by atoms with Crippen molar-refractivity contribution >= 4 is 0 Å². The van der Waals surface area contributed by atoms with E-state index in [1.807, 2.05) is 0 Å². The molecule has 4 nitrogen and oxygen atoms in total. The smallest absolute Gasteiger partial charge is 0.192 e. The monoisotopic (exact) mass is 350 g/mol. The second-order valence-electron chi connectivity index (χ2n) is 10.3. The predicted molar refractivity (Wildman–Crippen MR) is 93.5 cm³/mol. The fourth-order valence-corrected chi connectivity index (χ4v) is 8.52. The van der Waals surface area contributed by atoms with Gasteiger partial charge in [0.15, 0.2) is 5.79 Å². The van der Waals surface area contributed by atoms with E-state index in [0.29, 0.717) is 23.9 Å². The summed E-state index contributed by atoms with van der Waals surface area (Å²) in [5.74, 6) is 1.70. The molecule has 142 valence electrons. The molecule has 5 fully saturated rings. The fraction of sp³-hybridized carbons (Fsp3) is 1.00. The van der Waals surface area contributed by atoms with Crippen molar-refractivity contribution in [2.75, 3.05) is 13.2 Å². The summed E-state index contributed by atoms with van der Waals surface area (Å²) in [5.41, 5.74) is 0.505. The summed E-state index contributed by atoms with van der Waals surface area (Å²) in [6.45, 7) is 2.89. The van der Waals surface area contributed by atoms with Crippen LogP contribution < -0.4 is 0 Å². The van der Waals surface area contributed by atoms with E-state index in [0.717, 1.165) is 37.5 Å². The molecule has 0 aromatic heterocycles. The second-order valence-corrected chi connectivity index (χ2v) is 10.3. The molecule has 1 saturated heterocycles. The average Bonchev–Trinajstić information content (AvgIpc) is 3.12. The molecule has 5 rings (SSSR count). The predicted octanol–water partition coefficient (Wildman–Crippen LogP) is 2.70. The van der Waals surface area contributed by atoms with Gasteiger partial charge in [-0.25, -0.2) is 0 Å². The van der Waals surface area contributed by atoms with Gasteiger partial charge in [-0.3, -0.25) is 0 Å². The van der Waals surface area contributed by atoms with E-state index in [1.54, 1.807) is 0 Å². The van der Waals surface area contributed by atoms with E-state index < -0.39 is 5.79 Å². The van der Waals surface area contributed by atoms with E-state index in [1.165, 1.54) is 32.1 Å². The average molecular weight is 350 g/mol. The van der Waals surface area contributed by atoms with Gasteiger partial charge in [-0.05, 0) is 86.9 Å². The number of aliphatic hydroxyl groups is 3. The van der Waals surface area contributed by atoms with Crippen LogP contribution in [0.15, 0.2) is 0 Å². The van der Waals surface area contributed by atoms with E-state index in [9.17, 15) is 15.3 Å². The second kappa shape index (κ2) is 5.43. The number of hydrogen-bond acceptors (Lipinski definition) is 4. The number of aliphatic hydroxyl groups excluding tert-OH is 2. The molecule has 3 N–H and O–H groups in total. The van der Waals surface area contributed by atoms with Crippen LogP contribution >= 0.6 is 0 Å². The Bertz CT molecular complexity index is 552. The van der Waals surface area contributed by atoms with Crippen LogP contribution in [-0.2, 0) is 4.74 Å². The molecule has 1 heterocycles. The van der Waals surface area contributed by atoms with Crippen molar-refractivity contribution in [1.29, 1.82) is 0 Å². The molecule has 25 heavy (non-hydrogen) atoms. The lowest BCUT2D eigenvalue weighted by atomic mass is 9.44. The number of rotatable bonds is 1. The van der Waals surface area contributed by atoms with Gasteiger partial charge in [0, 0.05) is 11.3 Å². The highest BCUT2D eigenvalue weighted by atomic mass is 16.6. The summed E-state index contributed by atoms with van der Waals surface area (Å²) >= 11 is 0. The molecule has 9 atom stereocenters. The Hall–Kier alpha value is -0.160. The molecule has 5 aliphatic rings. The van der Waals surface area contributed by atoms with Crippen molar-refractivity contribution in [3.8, 4) is 0 Å². The maximum atomic E-state index is 10.8. The third-order valence-electron chi connectivity index (χ3n) is 9.72. The van der Waals surface area contributed by atoms with Gasteiger partial charge in [-0.1, -0.05) is 6.92 Å². The first-order valence-corrected chi connectivity index (χ1v) is 10.6. The molecular weight excluding hydrogens is 316 g/mol. The zero-order valence-electron chi connectivity index (χ0n) is 15.5. The van der Waals surface area contributed by atoms with Gasteiger partial charge in [-0.15, -0.1) is 0 Å². The number of hydrogen-bond donors (Lipinski definition) is 3. The van der Waals surface area contributed by atoms with Crippen LogP contribution in [0.4, 0.5) is 0 Å². The van der Waals surface area contributed by atoms with Crippen molar-refractivity contribution in [2.45, 2.75) is 76.6 Å². The van der Waals surface area contributed by atoms with Crippen LogP contribution in [-0.4, -0.2) is 40.4 Å². The van der Waals surface area contributed by atoms with Crippen molar-refractivity contribution < 1.29 is 20.1 Å². The van der Waals surface area contributed by atoms with E-state index in [2.05, 4.69) is 6.92 Å². The Balaban J connectivity index is 1.45. The minimum Gasteiger partial charge on any atom is -0.393 e. The van der Waals surface area contributed by atoms with Crippen LogP contribution in [0.25, 0.3) is 0 Å².